The van der Waals surface area contributed by atoms with Gasteiger partial charge < -0.3 is 9.32 Å². The van der Waals surface area contributed by atoms with Gasteiger partial charge in [-0.1, -0.05) is 30.3 Å². The average Bonchev–Trinajstić information content (AvgIpc) is 3.41. The molecule has 0 fully saturated rings. The Morgan fingerprint density at radius 3 is 2.79 bits per heavy atom. The highest BCUT2D eigenvalue weighted by molar-refractivity contribution is 7.21. The van der Waals surface area contributed by atoms with Crippen LogP contribution in [-0.4, -0.2) is 29.9 Å². The summed E-state index contributed by atoms with van der Waals surface area (Å²) in [7, 11) is 1.73. The van der Waals surface area contributed by atoms with E-state index in [4.69, 9.17) is 4.42 Å². The molecule has 7 heteroatoms. The summed E-state index contributed by atoms with van der Waals surface area (Å²) in [4.78, 5) is 18.5. The maximum atomic E-state index is 12.4. The number of carbonyl (C=O) groups is 1. The predicted octanol–water partition coefficient (Wildman–Crippen LogP) is 4.36. The van der Waals surface area contributed by atoms with Crippen LogP contribution in [-0.2, 0) is 4.79 Å². The largest absolute Gasteiger partial charge is 0.453 e. The SMILES string of the molecule is CN1C(=O)/C(=N/N=C\c2ccc(-c3nc4ccccc4s3)o2)c2ccccc21. The monoisotopic (exact) mass is 386 g/mol. The molecule has 3 heterocycles. The van der Waals surface area contributed by atoms with Gasteiger partial charge in [-0.3, -0.25) is 4.79 Å². The van der Waals surface area contributed by atoms with Crippen LogP contribution in [0.15, 0.2) is 75.3 Å². The number of anilines is 1. The van der Waals surface area contributed by atoms with Gasteiger partial charge in [-0.2, -0.15) is 5.10 Å². The third kappa shape index (κ3) is 2.73. The molecule has 6 nitrogen and oxygen atoms in total. The maximum Gasteiger partial charge on any atom is 0.279 e. The minimum Gasteiger partial charge on any atom is -0.453 e. The van der Waals surface area contributed by atoms with Crippen LogP contribution in [0, 0.1) is 0 Å². The Morgan fingerprint density at radius 2 is 1.89 bits per heavy atom. The molecule has 0 saturated carbocycles. The smallest absolute Gasteiger partial charge is 0.279 e. The molecule has 136 valence electrons. The number of hydrogen-bond donors (Lipinski definition) is 0. The number of furan rings is 1. The summed E-state index contributed by atoms with van der Waals surface area (Å²) >= 11 is 1.57. The highest BCUT2D eigenvalue weighted by Crippen LogP contribution is 2.31. The predicted molar refractivity (Wildman–Crippen MR) is 111 cm³/mol. The Kier molecular flexibility index (Phi) is 3.87. The Morgan fingerprint density at radius 1 is 1.07 bits per heavy atom. The third-order valence-corrected chi connectivity index (χ3v) is 5.55. The molecular formula is C21H14N4O2S. The zero-order valence-corrected chi connectivity index (χ0v) is 15.7. The van der Waals surface area contributed by atoms with Crippen molar-refractivity contribution < 1.29 is 9.21 Å². The molecule has 28 heavy (non-hydrogen) atoms. The van der Waals surface area contributed by atoms with Crippen molar-refractivity contribution >= 4 is 45.1 Å². The first-order valence-corrected chi connectivity index (χ1v) is 9.46. The first-order valence-electron chi connectivity index (χ1n) is 8.65. The molecule has 0 atom stereocenters. The number of hydrogen-bond acceptors (Lipinski definition) is 6. The van der Waals surface area contributed by atoms with Crippen molar-refractivity contribution in [1.29, 1.82) is 0 Å². The van der Waals surface area contributed by atoms with E-state index in [9.17, 15) is 4.79 Å². The molecule has 2 aromatic heterocycles. The van der Waals surface area contributed by atoms with Crippen molar-refractivity contribution in [2.45, 2.75) is 0 Å². The molecule has 1 aliphatic heterocycles. The van der Waals surface area contributed by atoms with Crippen molar-refractivity contribution in [3.8, 4) is 10.8 Å². The van der Waals surface area contributed by atoms with Crippen LogP contribution in [0.25, 0.3) is 21.0 Å². The molecule has 0 saturated heterocycles. The summed E-state index contributed by atoms with van der Waals surface area (Å²) < 4.78 is 6.92. The second-order valence-corrected chi connectivity index (χ2v) is 7.29. The van der Waals surface area contributed by atoms with E-state index in [1.807, 2.05) is 60.7 Å². The van der Waals surface area contributed by atoms with E-state index in [-0.39, 0.29) is 5.91 Å². The number of nitrogens with zero attached hydrogens (tertiary/aromatic N) is 4. The number of thiazole rings is 1. The van der Waals surface area contributed by atoms with Crippen LogP contribution in [0.1, 0.15) is 11.3 Å². The van der Waals surface area contributed by atoms with Crippen LogP contribution in [0.4, 0.5) is 5.69 Å². The van der Waals surface area contributed by atoms with Crippen LogP contribution < -0.4 is 4.90 Å². The number of fused-ring (bicyclic) bond motifs is 2. The second kappa shape index (κ2) is 6.54. The Bertz CT molecular complexity index is 1240. The number of benzene rings is 2. The summed E-state index contributed by atoms with van der Waals surface area (Å²) in [6, 6.07) is 19.1. The molecule has 1 aliphatic rings. The second-order valence-electron chi connectivity index (χ2n) is 6.26. The van der Waals surface area contributed by atoms with Crippen molar-refractivity contribution in [1.82, 2.24) is 4.98 Å². The van der Waals surface area contributed by atoms with Gasteiger partial charge in [0, 0.05) is 12.6 Å². The molecule has 5 rings (SSSR count). The van der Waals surface area contributed by atoms with Crippen LogP contribution in [0.5, 0.6) is 0 Å². The van der Waals surface area contributed by atoms with Crippen LogP contribution >= 0.6 is 11.3 Å². The number of rotatable bonds is 3. The lowest BCUT2D eigenvalue weighted by Gasteiger charge is -2.07. The van der Waals surface area contributed by atoms with Crippen molar-refractivity contribution in [2.24, 2.45) is 10.2 Å². The van der Waals surface area contributed by atoms with Gasteiger partial charge in [-0.15, -0.1) is 16.4 Å². The highest BCUT2D eigenvalue weighted by atomic mass is 32.1. The summed E-state index contributed by atoms with van der Waals surface area (Å²) in [5, 5.41) is 9.01. The highest BCUT2D eigenvalue weighted by Gasteiger charge is 2.31. The topological polar surface area (TPSA) is 71.1 Å². The molecule has 0 spiro atoms. The van der Waals surface area contributed by atoms with E-state index in [1.54, 1.807) is 23.3 Å². The normalized spacial score (nSPS) is 15.2. The van der Waals surface area contributed by atoms with Gasteiger partial charge in [0.2, 0.25) is 0 Å². The Hall–Kier alpha value is -3.58. The molecule has 0 radical (unpaired) electrons. The first kappa shape index (κ1) is 16.6. The first-order chi connectivity index (χ1) is 13.7. The van der Waals surface area contributed by atoms with E-state index in [1.165, 1.54) is 6.21 Å². The van der Waals surface area contributed by atoms with Gasteiger partial charge in [0.05, 0.1) is 22.1 Å². The molecular weight excluding hydrogens is 372 g/mol. The Balaban J connectivity index is 1.41. The standard InChI is InChI=1S/C21H14N4O2S/c1-25-16-8-4-2-6-14(16)19(21(25)26)24-22-12-13-10-11-17(27-13)20-23-15-7-3-5-9-18(15)28-20/h2-12H,1H3/b22-12-,24-19+. The minimum absolute atomic E-state index is 0.173. The molecule has 0 bridgehead atoms. The number of para-hydroxylation sites is 2. The van der Waals surface area contributed by atoms with Crippen LogP contribution in [0.3, 0.4) is 0 Å². The number of amides is 1. The fourth-order valence-electron chi connectivity index (χ4n) is 3.10. The van der Waals surface area contributed by atoms with E-state index in [0.29, 0.717) is 17.2 Å². The van der Waals surface area contributed by atoms with Crippen LogP contribution in [0.2, 0.25) is 0 Å². The average molecular weight is 386 g/mol. The molecule has 0 aliphatic carbocycles. The van der Waals surface area contributed by atoms with E-state index in [0.717, 1.165) is 26.5 Å². The summed E-state index contributed by atoms with van der Waals surface area (Å²) in [5.41, 5.74) is 2.88. The summed E-state index contributed by atoms with van der Waals surface area (Å²) in [5.74, 6) is 1.05. The molecule has 0 N–H and O–H groups in total. The van der Waals surface area contributed by atoms with Gasteiger partial charge in [0.1, 0.15) is 5.76 Å². The van der Waals surface area contributed by atoms with Crippen molar-refractivity contribution in [2.75, 3.05) is 11.9 Å². The van der Waals surface area contributed by atoms with Gasteiger partial charge in [0.25, 0.3) is 5.91 Å². The Labute approximate surface area is 164 Å². The fraction of sp³-hybridized carbons (Fsp3) is 0.0476. The fourth-order valence-corrected chi connectivity index (χ4v) is 4.03. The lowest BCUT2D eigenvalue weighted by atomic mass is 10.1. The molecule has 1 amide bonds. The quantitative estimate of drug-likeness (QED) is 0.388. The lowest BCUT2D eigenvalue weighted by molar-refractivity contribution is -0.111. The third-order valence-electron chi connectivity index (χ3n) is 4.50. The van der Waals surface area contributed by atoms with Gasteiger partial charge in [0.15, 0.2) is 16.5 Å². The molecule has 0 unspecified atom stereocenters. The van der Waals surface area contributed by atoms with Gasteiger partial charge in [-0.05, 0) is 30.3 Å². The zero-order valence-electron chi connectivity index (χ0n) is 14.9. The van der Waals surface area contributed by atoms with E-state index < -0.39 is 0 Å². The number of carbonyl (C=O) groups excluding carboxylic acids is 1. The molecule has 2 aromatic carbocycles. The number of aromatic nitrogens is 1. The summed E-state index contributed by atoms with van der Waals surface area (Å²) in [6.45, 7) is 0. The lowest BCUT2D eigenvalue weighted by Crippen LogP contribution is -2.25. The van der Waals surface area contributed by atoms with E-state index in [2.05, 4.69) is 15.2 Å². The number of likely N-dealkylation sites (N-methyl/N-ethyl adjacent to an activating group) is 1. The van der Waals surface area contributed by atoms with Crippen molar-refractivity contribution in [3.63, 3.8) is 0 Å². The van der Waals surface area contributed by atoms with E-state index >= 15 is 0 Å². The minimum atomic E-state index is -0.173. The van der Waals surface area contributed by atoms with Gasteiger partial charge in [-0.25, -0.2) is 4.98 Å². The zero-order chi connectivity index (χ0) is 19.1. The summed E-state index contributed by atoms with van der Waals surface area (Å²) in [6.07, 6.45) is 1.50. The maximum absolute atomic E-state index is 12.4. The van der Waals surface area contributed by atoms with Crippen molar-refractivity contribution in [3.05, 3.63) is 72.0 Å². The molecule has 4 aromatic rings. The van der Waals surface area contributed by atoms with Gasteiger partial charge >= 0.3 is 0 Å².